The number of para-hydroxylation sites is 2. The summed E-state index contributed by atoms with van der Waals surface area (Å²) in [6.07, 6.45) is 2.98. The van der Waals surface area contributed by atoms with Crippen LogP contribution in [0.1, 0.15) is 25.6 Å². The number of hydrogen-bond donors (Lipinski definition) is 2. The molecule has 3 N–H and O–H groups in total. The van der Waals surface area contributed by atoms with E-state index in [4.69, 9.17) is 10.8 Å². The van der Waals surface area contributed by atoms with E-state index in [0.717, 1.165) is 43.7 Å². The van der Waals surface area contributed by atoms with Gasteiger partial charge in [-0.15, -0.1) is 0 Å². The molecular formula is C16H27N5. The molecule has 0 aliphatic rings. The molecule has 2 rings (SSSR count). The van der Waals surface area contributed by atoms with E-state index in [1.807, 2.05) is 6.07 Å². The Morgan fingerprint density at radius 2 is 2.10 bits per heavy atom. The van der Waals surface area contributed by atoms with Crippen LogP contribution in [-0.4, -0.2) is 41.1 Å². The summed E-state index contributed by atoms with van der Waals surface area (Å²) in [6, 6.07) is 8.59. The minimum Gasteiger partial charge on any atom is -0.328 e. The Kier molecular flexibility index (Phi) is 5.73. The predicted molar refractivity (Wildman–Crippen MR) is 88.0 cm³/mol. The van der Waals surface area contributed by atoms with Gasteiger partial charge < -0.3 is 9.47 Å². The van der Waals surface area contributed by atoms with E-state index in [2.05, 4.69) is 54.1 Å². The lowest BCUT2D eigenvalue weighted by molar-refractivity contribution is 0.354. The average Bonchev–Trinajstić information content (AvgIpc) is 2.81. The third kappa shape index (κ3) is 4.03. The van der Waals surface area contributed by atoms with Crippen molar-refractivity contribution in [1.29, 1.82) is 0 Å². The molecule has 1 aromatic carbocycles. The molecule has 0 amide bonds. The molecule has 0 saturated carbocycles. The fraction of sp³-hybridized carbons (Fsp3) is 0.562. The molecule has 1 atom stereocenters. The molecular weight excluding hydrogens is 262 g/mol. The van der Waals surface area contributed by atoms with Crippen molar-refractivity contribution >= 4 is 11.0 Å². The van der Waals surface area contributed by atoms with Crippen LogP contribution in [0.4, 0.5) is 0 Å². The van der Waals surface area contributed by atoms with Gasteiger partial charge in [-0.05, 0) is 45.6 Å². The van der Waals surface area contributed by atoms with Crippen LogP contribution in [0.5, 0.6) is 0 Å². The minimum atomic E-state index is 0.250. The maximum Gasteiger partial charge on any atom is 0.111 e. The first-order chi connectivity index (χ1) is 10.2. The van der Waals surface area contributed by atoms with Gasteiger partial charge in [-0.1, -0.05) is 19.1 Å². The lowest BCUT2D eigenvalue weighted by Gasteiger charge is -2.18. The van der Waals surface area contributed by atoms with E-state index in [-0.39, 0.29) is 6.04 Å². The van der Waals surface area contributed by atoms with Gasteiger partial charge in [-0.2, -0.15) is 0 Å². The third-order valence-corrected chi connectivity index (χ3v) is 3.77. The van der Waals surface area contributed by atoms with Gasteiger partial charge in [-0.3, -0.25) is 11.3 Å². The van der Waals surface area contributed by atoms with Gasteiger partial charge in [0, 0.05) is 19.0 Å². The zero-order chi connectivity index (χ0) is 15.2. The highest BCUT2D eigenvalue weighted by molar-refractivity contribution is 5.75. The van der Waals surface area contributed by atoms with E-state index in [1.54, 1.807) is 0 Å². The second-order valence-corrected chi connectivity index (χ2v) is 5.83. The Labute approximate surface area is 127 Å². The molecule has 0 radical (unpaired) electrons. The second-order valence-electron chi connectivity index (χ2n) is 5.83. The van der Waals surface area contributed by atoms with Gasteiger partial charge in [0.1, 0.15) is 5.82 Å². The Morgan fingerprint density at radius 3 is 2.76 bits per heavy atom. The number of hydrazine groups is 1. The van der Waals surface area contributed by atoms with Crippen molar-refractivity contribution in [2.24, 2.45) is 5.84 Å². The molecule has 2 aromatic rings. The summed E-state index contributed by atoms with van der Waals surface area (Å²) in [6.45, 7) is 4.22. The molecule has 5 heteroatoms. The highest BCUT2D eigenvalue weighted by Crippen LogP contribution is 2.18. The number of nitrogens with zero attached hydrogens (tertiary/aromatic N) is 3. The van der Waals surface area contributed by atoms with Crippen LogP contribution in [0, 0.1) is 0 Å². The topological polar surface area (TPSA) is 59.1 Å². The number of aryl methyl sites for hydroxylation is 1. The molecule has 0 saturated heterocycles. The Morgan fingerprint density at radius 1 is 1.33 bits per heavy atom. The Balaban J connectivity index is 2.21. The van der Waals surface area contributed by atoms with Crippen molar-refractivity contribution in [3.8, 4) is 0 Å². The van der Waals surface area contributed by atoms with Crippen LogP contribution in [0.2, 0.25) is 0 Å². The standard InChI is InChI=1S/C16H27N5/c1-4-10-21-15-8-6-5-7-14(15)18-16(21)12-13(19-17)9-11-20(2)3/h5-8,13,19H,4,9-12,17H2,1-3H3. The van der Waals surface area contributed by atoms with E-state index >= 15 is 0 Å². The Hall–Kier alpha value is -1.43. The first-order valence-corrected chi connectivity index (χ1v) is 7.70. The molecule has 1 unspecified atom stereocenters. The van der Waals surface area contributed by atoms with Crippen LogP contribution in [0.15, 0.2) is 24.3 Å². The molecule has 1 heterocycles. The average molecular weight is 289 g/mol. The molecule has 1 aromatic heterocycles. The van der Waals surface area contributed by atoms with E-state index in [0.29, 0.717) is 0 Å². The number of benzene rings is 1. The quantitative estimate of drug-likeness (QED) is 0.574. The molecule has 21 heavy (non-hydrogen) atoms. The second kappa shape index (κ2) is 7.54. The van der Waals surface area contributed by atoms with E-state index < -0.39 is 0 Å². The highest BCUT2D eigenvalue weighted by Gasteiger charge is 2.15. The molecule has 0 fully saturated rings. The summed E-state index contributed by atoms with van der Waals surface area (Å²) in [7, 11) is 4.17. The minimum absolute atomic E-state index is 0.250. The zero-order valence-electron chi connectivity index (χ0n) is 13.3. The molecule has 5 nitrogen and oxygen atoms in total. The third-order valence-electron chi connectivity index (χ3n) is 3.77. The van der Waals surface area contributed by atoms with Crippen molar-refractivity contribution in [1.82, 2.24) is 19.9 Å². The summed E-state index contributed by atoms with van der Waals surface area (Å²) in [4.78, 5) is 6.98. The van der Waals surface area contributed by atoms with Gasteiger partial charge in [0.05, 0.1) is 11.0 Å². The summed E-state index contributed by atoms with van der Waals surface area (Å²) in [5.41, 5.74) is 5.23. The highest BCUT2D eigenvalue weighted by atomic mass is 15.2. The largest absolute Gasteiger partial charge is 0.328 e. The van der Waals surface area contributed by atoms with Crippen molar-refractivity contribution < 1.29 is 0 Å². The molecule has 0 aliphatic heterocycles. The van der Waals surface area contributed by atoms with Crippen LogP contribution in [0.25, 0.3) is 11.0 Å². The Bertz CT molecular complexity index is 561. The van der Waals surface area contributed by atoms with Crippen LogP contribution in [-0.2, 0) is 13.0 Å². The maximum absolute atomic E-state index is 5.72. The zero-order valence-corrected chi connectivity index (χ0v) is 13.3. The normalized spacial score (nSPS) is 13.2. The van der Waals surface area contributed by atoms with Gasteiger partial charge in [0.15, 0.2) is 0 Å². The maximum atomic E-state index is 5.72. The van der Waals surface area contributed by atoms with Gasteiger partial charge in [0.2, 0.25) is 0 Å². The smallest absolute Gasteiger partial charge is 0.111 e. The number of nitrogens with two attached hydrogens (primary N) is 1. The summed E-state index contributed by atoms with van der Waals surface area (Å²) in [5, 5.41) is 0. The number of rotatable bonds is 8. The van der Waals surface area contributed by atoms with Gasteiger partial charge in [0.25, 0.3) is 0 Å². The monoisotopic (exact) mass is 289 g/mol. The van der Waals surface area contributed by atoms with Gasteiger partial charge in [-0.25, -0.2) is 4.98 Å². The number of fused-ring (bicyclic) bond motifs is 1. The molecule has 0 bridgehead atoms. The van der Waals surface area contributed by atoms with Gasteiger partial charge >= 0.3 is 0 Å². The number of hydrogen-bond acceptors (Lipinski definition) is 4. The first-order valence-electron chi connectivity index (χ1n) is 7.70. The molecule has 0 spiro atoms. The SMILES string of the molecule is CCCn1c(CC(CCN(C)C)NN)nc2ccccc21. The van der Waals surface area contributed by atoms with Crippen LogP contribution in [0.3, 0.4) is 0 Å². The predicted octanol–water partition coefficient (Wildman–Crippen LogP) is 1.77. The summed E-state index contributed by atoms with van der Waals surface area (Å²) >= 11 is 0. The number of imidazole rings is 1. The van der Waals surface area contributed by atoms with Crippen LogP contribution < -0.4 is 11.3 Å². The van der Waals surface area contributed by atoms with E-state index in [1.165, 1.54) is 5.52 Å². The summed E-state index contributed by atoms with van der Waals surface area (Å²) < 4.78 is 2.33. The number of nitrogens with one attached hydrogen (secondary N) is 1. The lowest BCUT2D eigenvalue weighted by Crippen LogP contribution is -2.39. The number of aromatic nitrogens is 2. The fourth-order valence-corrected chi connectivity index (χ4v) is 2.63. The lowest BCUT2D eigenvalue weighted by atomic mass is 10.1. The van der Waals surface area contributed by atoms with Crippen molar-refractivity contribution in [3.05, 3.63) is 30.1 Å². The van der Waals surface area contributed by atoms with Crippen molar-refractivity contribution in [2.75, 3.05) is 20.6 Å². The fourth-order valence-electron chi connectivity index (χ4n) is 2.63. The van der Waals surface area contributed by atoms with E-state index in [9.17, 15) is 0 Å². The molecule has 116 valence electrons. The first kappa shape index (κ1) is 15.9. The molecule has 0 aliphatic carbocycles. The van der Waals surface area contributed by atoms with Crippen molar-refractivity contribution in [3.63, 3.8) is 0 Å². The van der Waals surface area contributed by atoms with Crippen LogP contribution >= 0.6 is 0 Å². The summed E-state index contributed by atoms with van der Waals surface area (Å²) in [5.74, 6) is 6.84. The van der Waals surface area contributed by atoms with Crippen molar-refractivity contribution in [2.45, 2.75) is 38.8 Å².